The van der Waals surface area contributed by atoms with E-state index < -0.39 is 5.97 Å². The van der Waals surface area contributed by atoms with Crippen molar-refractivity contribution in [2.24, 2.45) is 0 Å². The molecule has 0 radical (unpaired) electrons. The molecule has 0 aliphatic heterocycles. The van der Waals surface area contributed by atoms with E-state index in [-0.39, 0.29) is 30.0 Å². The Hall–Kier alpha value is -3.45. The molecule has 5 nitrogen and oxygen atoms in total. The topological polar surface area (TPSA) is 57.5 Å². The zero-order valence-electron chi connectivity index (χ0n) is 20.1. The fourth-order valence-corrected chi connectivity index (χ4v) is 5.25. The van der Waals surface area contributed by atoms with Gasteiger partial charge in [0.05, 0.1) is 25.1 Å². The fourth-order valence-electron chi connectivity index (χ4n) is 3.97. The van der Waals surface area contributed by atoms with Gasteiger partial charge in [-0.25, -0.2) is 9.18 Å². The molecule has 0 saturated carbocycles. The van der Waals surface area contributed by atoms with E-state index in [1.54, 1.807) is 29.7 Å². The fraction of sp³-hybridized carbons (Fsp3) is 0.286. The van der Waals surface area contributed by atoms with Crippen LogP contribution in [0.1, 0.15) is 48.2 Å². The van der Waals surface area contributed by atoms with Crippen molar-refractivity contribution < 1.29 is 18.7 Å². The number of hydrogen-bond donors (Lipinski definition) is 0. The van der Waals surface area contributed by atoms with Crippen molar-refractivity contribution in [3.63, 3.8) is 0 Å². The number of thiophene rings is 1. The number of halogens is 1. The van der Waals surface area contributed by atoms with Gasteiger partial charge in [0.25, 0.3) is 0 Å². The second kappa shape index (κ2) is 10.9. The van der Waals surface area contributed by atoms with Crippen LogP contribution >= 0.6 is 11.3 Å². The Morgan fingerprint density at radius 1 is 1.09 bits per heavy atom. The van der Waals surface area contributed by atoms with E-state index in [9.17, 15) is 14.0 Å². The van der Waals surface area contributed by atoms with Crippen LogP contribution in [0.25, 0.3) is 20.7 Å². The number of ether oxygens (including phenoxy) is 2. The van der Waals surface area contributed by atoms with Gasteiger partial charge in [0.1, 0.15) is 22.0 Å². The second-order valence-corrected chi connectivity index (χ2v) is 9.27. The smallest absolute Gasteiger partial charge is 0.343 e. The number of benzene rings is 2. The number of aryl methyl sites for hydroxylation is 1. The molecular weight excluding hydrogens is 465 g/mol. The molecule has 0 N–H and O–H groups in total. The van der Waals surface area contributed by atoms with Crippen LogP contribution in [0.4, 0.5) is 4.39 Å². The minimum atomic E-state index is -0.678. The maximum Gasteiger partial charge on any atom is 0.343 e. The molecular formula is C28H28FNO4S. The Balaban J connectivity index is 1.83. The SMILES string of the molecule is CCCCOc1ccc(-c2sc3c(c2C)c(=O)c(C(=O)OCC)cn3Cc2ccccc2F)cc1. The lowest BCUT2D eigenvalue weighted by Gasteiger charge is -2.11. The van der Waals surface area contributed by atoms with E-state index >= 15 is 0 Å². The summed E-state index contributed by atoms with van der Waals surface area (Å²) < 4.78 is 27.1. The third kappa shape index (κ3) is 5.15. The van der Waals surface area contributed by atoms with Gasteiger partial charge in [-0.15, -0.1) is 11.3 Å². The summed E-state index contributed by atoms with van der Waals surface area (Å²) in [5.41, 5.74) is 1.77. The predicted molar refractivity (Wildman–Crippen MR) is 138 cm³/mol. The van der Waals surface area contributed by atoms with Gasteiger partial charge >= 0.3 is 5.97 Å². The Labute approximate surface area is 207 Å². The first-order valence-corrected chi connectivity index (χ1v) is 12.6. The number of unbranched alkanes of at least 4 members (excludes halogenated alkanes) is 1. The lowest BCUT2D eigenvalue weighted by Crippen LogP contribution is -2.21. The maximum atomic E-state index is 14.5. The number of carbonyl (C=O) groups excluding carboxylic acids is 1. The van der Waals surface area contributed by atoms with Gasteiger partial charge in [-0.3, -0.25) is 4.79 Å². The minimum Gasteiger partial charge on any atom is -0.494 e. The summed E-state index contributed by atoms with van der Waals surface area (Å²) in [6, 6.07) is 14.3. The molecule has 0 fully saturated rings. The van der Waals surface area contributed by atoms with Crippen LogP contribution in [0, 0.1) is 12.7 Å². The third-order valence-electron chi connectivity index (χ3n) is 5.82. The summed E-state index contributed by atoms with van der Waals surface area (Å²) in [5, 5.41) is 0.454. The quantitative estimate of drug-likeness (QED) is 0.195. The average Bonchev–Trinajstić information content (AvgIpc) is 3.20. The summed E-state index contributed by atoms with van der Waals surface area (Å²) >= 11 is 1.45. The molecule has 0 aliphatic carbocycles. The van der Waals surface area contributed by atoms with E-state index in [4.69, 9.17) is 9.47 Å². The minimum absolute atomic E-state index is 0.0530. The summed E-state index contributed by atoms with van der Waals surface area (Å²) in [7, 11) is 0. The largest absolute Gasteiger partial charge is 0.494 e. The van der Waals surface area contributed by atoms with Crippen LogP contribution < -0.4 is 10.2 Å². The van der Waals surface area contributed by atoms with Crippen molar-refractivity contribution in [2.45, 2.75) is 40.2 Å². The molecule has 7 heteroatoms. The molecule has 0 amide bonds. The van der Waals surface area contributed by atoms with Crippen LogP contribution in [0.15, 0.2) is 59.5 Å². The predicted octanol–water partition coefficient (Wildman–Crippen LogP) is 6.58. The molecule has 0 bridgehead atoms. The van der Waals surface area contributed by atoms with Gasteiger partial charge in [0, 0.05) is 16.6 Å². The molecule has 2 heterocycles. The lowest BCUT2D eigenvalue weighted by atomic mass is 10.1. The molecule has 4 aromatic rings. The maximum absolute atomic E-state index is 14.5. The van der Waals surface area contributed by atoms with Crippen LogP contribution in [0.5, 0.6) is 5.75 Å². The highest BCUT2D eigenvalue weighted by Gasteiger charge is 2.22. The molecule has 0 spiro atoms. The van der Waals surface area contributed by atoms with Crippen molar-refractivity contribution in [1.29, 1.82) is 0 Å². The van der Waals surface area contributed by atoms with Crippen molar-refractivity contribution in [2.75, 3.05) is 13.2 Å². The van der Waals surface area contributed by atoms with Crippen LogP contribution in [0.2, 0.25) is 0 Å². The number of rotatable bonds is 9. The van der Waals surface area contributed by atoms with Gasteiger partial charge in [0.15, 0.2) is 0 Å². The number of esters is 1. The molecule has 2 aromatic carbocycles. The highest BCUT2D eigenvalue weighted by Crippen LogP contribution is 2.38. The Morgan fingerprint density at radius 2 is 1.83 bits per heavy atom. The standard InChI is InChI=1S/C28H28FNO4S/c1-4-6-15-34-21-13-11-19(12-14-21)26-18(3)24-25(31)22(28(32)33-5-2)17-30(27(24)35-26)16-20-9-7-8-10-23(20)29/h7-14,17H,4-6,15-16H2,1-3H3. The van der Waals surface area contributed by atoms with Crippen LogP contribution in [-0.4, -0.2) is 23.8 Å². The zero-order chi connectivity index (χ0) is 24.9. The van der Waals surface area contributed by atoms with Gasteiger partial charge in [0.2, 0.25) is 5.43 Å². The van der Waals surface area contributed by atoms with Gasteiger partial charge in [-0.1, -0.05) is 31.5 Å². The van der Waals surface area contributed by atoms with E-state index in [1.807, 2.05) is 31.2 Å². The first-order chi connectivity index (χ1) is 16.9. The number of nitrogens with zero attached hydrogens (tertiary/aromatic N) is 1. The number of pyridine rings is 1. The average molecular weight is 494 g/mol. The summed E-state index contributed by atoms with van der Waals surface area (Å²) in [6.07, 6.45) is 3.55. The molecule has 4 rings (SSSR count). The number of hydrogen-bond acceptors (Lipinski definition) is 5. The molecule has 35 heavy (non-hydrogen) atoms. The number of fused-ring (bicyclic) bond motifs is 1. The van der Waals surface area contributed by atoms with E-state index in [0.29, 0.717) is 22.4 Å². The van der Waals surface area contributed by atoms with Gasteiger partial charge < -0.3 is 14.0 Å². The second-order valence-electron chi connectivity index (χ2n) is 8.27. The van der Waals surface area contributed by atoms with Crippen molar-refractivity contribution >= 4 is 27.5 Å². The van der Waals surface area contributed by atoms with Crippen molar-refractivity contribution in [1.82, 2.24) is 4.57 Å². The van der Waals surface area contributed by atoms with Gasteiger partial charge in [-0.05, 0) is 61.7 Å². The molecule has 0 unspecified atom stereocenters. The highest BCUT2D eigenvalue weighted by atomic mass is 32.1. The summed E-state index contributed by atoms with van der Waals surface area (Å²) in [4.78, 5) is 27.6. The van der Waals surface area contributed by atoms with Crippen molar-refractivity contribution in [3.8, 4) is 16.2 Å². The van der Waals surface area contributed by atoms with Crippen LogP contribution in [0.3, 0.4) is 0 Å². The normalized spacial score (nSPS) is 11.1. The summed E-state index contributed by atoms with van der Waals surface area (Å²) in [6.45, 7) is 6.70. The van der Waals surface area contributed by atoms with Gasteiger partial charge in [-0.2, -0.15) is 0 Å². The number of aromatic nitrogens is 1. The first kappa shape index (κ1) is 24.7. The van der Waals surface area contributed by atoms with Crippen LogP contribution in [-0.2, 0) is 11.3 Å². The molecule has 0 saturated heterocycles. The lowest BCUT2D eigenvalue weighted by molar-refractivity contribution is 0.0524. The first-order valence-electron chi connectivity index (χ1n) is 11.7. The molecule has 2 aromatic heterocycles. The molecule has 0 aliphatic rings. The zero-order valence-corrected chi connectivity index (χ0v) is 20.9. The van der Waals surface area contributed by atoms with E-state index in [0.717, 1.165) is 34.6 Å². The summed E-state index contributed by atoms with van der Waals surface area (Å²) in [5.74, 6) is -0.226. The third-order valence-corrected chi connectivity index (χ3v) is 7.20. The molecule has 182 valence electrons. The number of carbonyl (C=O) groups is 1. The highest BCUT2D eigenvalue weighted by molar-refractivity contribution is 7.22. The van der Waals surface area contributed by atoms with E-state index in [2.05, 4.69) is 6.92 Å². The monoisotopic (exact) mass is 493 g/mol. The Kier molecular flexibility index (Phi) is 7.66. The Bertz CT molecular complexity index is 1410. The van der Waals surface area contributed by atoms with Crippen molar-refractivity contribution in [3.05, 3.63) is 87.5 Å². The molecule has 0 atom stereocenters. The van der Waals surface area contributed by atoms with E-state index in [1.165, 1.54) is 23.6 Å². The Morgan fingerprint density at radius 3 is 2.51 bits per heavy atom.